The van der Waals surface area contributed by atoms with E-state index in [1.54, 1.807) is 0 Å². The molecule has 0 bridgehead atoms. The third-order valence-electron chi connectivity index (χ3n) is 6.70. The molecule has 0 heterocycles. The molecule has 28 heavy (non-hydrogen) atoms. The standard InChI is InChI=1S/C25H40NOP/c1-19(2)26(20(3)4)25(27)23-17-11-12-18-24(23)28(21-13-7-5-8-14-21)22-15-9-6-10-16-22/h11-12,17-22H,5-10,13-16H2,1-4H3. The van der Waals surface area contributed by atoms with E-state index < -0.39 is 0 Å². The summed E-state index contributed by atoms with van der Waals surface area (Å²) in [7, 11) is -0.256. The number of nitrogens with zero attached hydrogens (tertiary/aromatic N) is 1. The molecule has 1 amide bonds. The van der Waals surface area contributed by atoms with Gasteiger partial charge in [-0.15, -0.1) is 0 Å². The molecule has 2 nitrogen and oxygen atoms in total. The van der Waals surface area contributed by atoms with Crippen LogP contribution in [-0.2, 0) is 0 Å². The second-order valence-corrected chi connectivity index (χ2v) is 12.2. The lowest BCUT2D eigenvalue weighted by molar-refractivity contribution is 0.0645. The van der Waals surface area contributed by atoms with Crippen LogP contribution in [0.25, 0.3) is 0 Å². The minimum Gasteiger partial charge on any atom is -0.334 e. The predicted octanol–water partition coefficient (Wildman–Crippen LogP) is 6.72. The van der Waals surface area contributed by atoms with Crippen LogP contribution in [0.15, 0.2) is 24.3 Å². The molecular weight excluding hydrogens is 361 g/mol. The minimum absolute atomic E-state index is 0.233. The molecular formula is C25H40NOP. The van der Waals surface area contributed by atoms with Crippen LogP contribution in [0.5, 0.6) is 0 Å². The molecule has 3 rings (SSSR count). The second kappa shape index (κ2) is 10.2. The van der Waals surface area contributed by atoms with Crippen molar-refractivity contribution in [2.45, 2.75) is 115 Å². The fraction of sp³-hybridized carbons (Fsp3) is 0.720. The zero-order valence-corrected chi connectivity index (χ0v) is 19.4. The van der Waals surface area contributed by atoms with Crippen molar-refractivity contribution in [1.29, 1.82) is 0 Å². The van der Waals surface area contributed by atoms with E-state index in [4.69, 9.17) is 0 Å². The largest absolute Gasteiger partial charge is 0.334 e. The van der Waals surface area contributed by atoms with Crippen molar-refractivity contribution >= 4 is 19.1 Å². The number of rotatable bonds is 6. The summed E-state index contributed by atoms with van der Waals surface area (Å²) in [6, 6.07) is 9.16. The fourth-order valence-corrected chi connectivity index (χ4v) is 9.43. The van der Waals surface area contributed by atoms with Gasteiger partial charge in [0.1, 0.15) is 0 Å². The van der Waals surface area contributed by atoms with Gasteiger partial charge in [-0.1, -0.05) is 64.6 Å². The van der Waals surface area contributed by atoms with Crippen molar-refractivity contribution in [1.82, 2.24) is 4.90 Å². The van der Waals surface area contributed by atoms with Crippen molar-refractivity contribution in [3.05, 3.63) is 29.8 Å². The first kappa shape index (κ1) is 21.8. The monoisotopic (exact) mass is 401 g/mol. The molecule has 0 radical (unpaired) electrons. The van der Waals surface area contributed by atoms with Gasteiger partial charge >= 0.3 is 0 Å². The van der Waals surface area contributed by atoms with Crippen LogP contribution in [0.3, 0.4) is 0 Å². The lowest BCUT2D eigenvalue weighted by Gasteiger charge is -2.40. The number of carbonyl (C=O) groups excluding carboxylic acids is 1. The van der Waals surface area contributed by atoms with E-state index in [1.165, 1.54) is 69.5 Å². The van der Waals surface area contributed by atoms with Gasteiger partial charge in [-0.3, -0.25) is 4.79 Å². The molecule has 156 valence electrons. The molecule has 2 aliphatic carbocycles. The van der Waals surface area contributed by atoms with E-state index in [9.17, 15) is 4.79 Å². The highest BCUT2D eigenvalue weighted by atomic mass is 31.1. The first-order chi connectivity index (χ1) is 13.5. The molecule has 2 fully saturated rings. The van der Waals surface area contributed by atoms with E-state index in [1.807, 2.05) is 0 Å². The lowest BCUT2D eigenvalue weighted by atomic mass is 9.99. The van der Waals surface area contributed by atoms with Crippen LogP contribution in [0.1, 0.15) is 102 Å². The van der Waals surface area contributed by atoms with E-state index in [0.29, 0.717) is 0 Å². The Bertz CT molecular complexity index is 603. The quantitative estimate of drug-likeness (QED) is 0.485. The molecule has 0 saturated heterocycles. The molecule has 3 heteroatoms. The Kier molecular flexibility index (Phi) is 7.98. The summed E-state index contributed by atoms with van der Waals surface area (Å²) in [6.07, 6.45) is 13.9. The highest BCUT2D eigenvalue weighted by molar-refractivity contribution is 7.67. The van der Waals surface area contributed by atoms with Crippen molar-refractivity contribution in [2.24, 2.45) is 0 Å². The summed E-state index contributed by atoms with van der Waals surface area (Å²) < 4.78 is 0. The van der Waals surface area contributed by atoms with Crippen molar-refractivity contribution < 1.29 is 4.79 Å². The Balaban J connectivity index is 1.99. The van der Waals surface area contributed by atoms with Crippen molar-refractivity contribution in [2.75, 3.05) is 0 Å². The van der Waals surface area contributed by atoms with Gasteiger partial charge in [0.05, 0.1) is 0 Å². The first-order valence-electron chi connectivity index (χ1n) is 11.7. The SMILES string of the molecule is CC(C)N(C(=O)c1ccccc1P(C1CCCCC1)C1CCCCC1)C(C)C. The smallest absolute Gasteiger partial charge is 0.254 e. The van der Waals surface area contributed by atoms with Crippen LogP contribution in [0, 0.1) is 0 Å². The zero-order valence-electron chi connectivity index (χ0n) is 18.5. The van der Waals surface area contributed by atoms with Crippen LogP contribution in [-0.4, -0.2) is 34.2 Å². The van der Waals surface area contributed by atoms with Gasteiger partial charge in [0, 0.05) is 17.6 Å². The molecule has 0 spiro atoms. The second-order valence-electron chi connectivity index (χ2n) is 9.41. The number of hydrogen-bond acceptors (Lipinski definition) is 1. The molecule has 0 N–H and O–H groups in total. The van der Waals surface area contributed by atoms with E-state index in [-0.39, 0.29) is 25.9 Å². The molecule has 1 aromatic carbocycles. The summed E-state index contributed by atoms with van der Waals surface area (Å²) in [4.78, 5) is 15.7. The van der Waals surface area contributed by atoms with Gasteiger partial charge < -0.3 is 4.90 Å². The van der Waals surface area contributed by atoms with Gasteiger partial charge in [0.2, 0.25) is 0 Å². The lowest BCUT2D eigenvalue weighted by Crippen LogP contribution is -2.44. The summed E-state index contributed by atoms with van der Waals surface area (Å²) in [5.41, 5.74) is 2.66. The van der Waals surface area contributed by atoms with E-state index in [0.717, 1.165) is 16.9 Å². The first-order valence-corrected chi connectivity index (χ1v) is 13.2. The predicted molar refractivity (Wildman–Crippen MR) is 123 cm³/mol. The van der Waals surface area contributed by atoms with Crippen LogP contribution in [0.2, 0.25) is 0 Å². The van der Waals surface area contributed by atoms with E-state index >= 15 is 0 Å². The number of carbonyl (C=O) groups is 1. The minimum atomic E-state index is -0.256. The average Bonchev–Trinajstić information content (AvgIpc) is 2.70. The Morgan fingerprint density at radius 1 is 0.821 bits per heavy atom. The molecule has 0 unspecified atom stereocenters. The molecule has 0 aromatic heterocycles. The maximum Gasteiger partial charge on any atom is 0.254 e. The third kappa shape index (κ3) is 4.99. The molecule has 2 saturated carbocycles. The van der Waals surface area contributed by atoms with Gasteiger partial charge in [-0.2, -0.15) is 0 Å². The maximum atomic E-state index is 13.7. The van der Waals surface area contributed by atoms with Crippen molar-refractivity contribution in [3.63, 3.8) is 0 Å². The summed E-state index contributed by atoms with van der Waals surface area (Å²) in [5.74, 6) is 0.250. The van der Waals surface area contributed by atoms with Crippen LogP contribution >= 0.6 is 7.92 Å². The van der Waals surface area contributed by atoms with Gasteiger partial charge in [0.15, 0.2) is 0 Å². The summed E-state index contributed by atoms with van der Waals surface area (Å²) >= 11 is 0. The number of benzene rings is 1. The summed E-state index contributed by atoms with van der Waals surface area (Å²) in [6.45, 7) is 8.58. The normalized spacial score (nSPS) is 19.5. The topological polar surface area (TPSA) is 20.3 Å². The fourth-order valence-electron chi connectivity index (χ4n) is 5.49. The summed E-state index contributed by atoms with van der Waals surface area (Å²) in [5, 5.41) is 1.42. The molecule has 1 aromatic rings. The Labute approximate surface area is 174 Å². The molecule has 0 aliphatic heterocycles. The molecule has 2 aliphatic rings. The van der Waals surface area contributed by atoms with Crippen LogP contribution < -0.4 is 5.30 Å². The van der Waals surface area contributed by atoms with E-state index in [2.05, 4.69) is 56.9 Å². The average molecular weight is 402 g/mol. The van der Waals surface area contributed by atoms with Gasteiger partial charge in [0.25, 0.3) is 5.91 Å². The third-order valence-corrected chi connectivity index (χ3v) is 10.2. The number of hydrogen-bond donors (Lipinski definition) is 0. The molecule has 0 atom stereocenters. The zero-order chi connectivity index (χ0) is 20.1. The Morgan fingerprint density at radius 3 is 1.75 bits per heavy atom. The van der Waals surface area contributed by atoms with Crippen molar-refractivity contribution in [3.8, 4) is 0 Å². The Hall–Kier alpha value is -0.880. The van der Waals surface area contributed by atoms with Crippen LogP contribution in [0.4, 0.5) is 0 Å². The maximum absolute atomic E-state index is 13.7. The highest BCUT2D eigenvalue weighted by Crippen LogP contribution is 2.55. The van der Waals surface area contributed by atoms with Gasteiger partial charge in [-0.25, -0.2) is 0 Å². The highest BCUT2D eigenvalue weighted by Gasteiger charge is 2.35. The van der Waals surface area contributed by atoms with Gasteiger partial charge in [-0.05, 0) is 76.1 Å². The number of amides is 1. The Morgan fingerprint density at radius 2 is 1.29 bits per heavy atom.